The second-order valence-corrected chi connectivity index (χ2v) is 8.10. The maximum atomic E-state index is 12.8. The number of rotatable bonds is 6. The number of hydrogen-bond acceptors (Lipinski definition) is 3. The van der Waals surface area contributed by atoms with Crippen molar-refractivity contribution < 1.29 is 14.6 Å². The molecule has 1 atom stereocenters. The zero-order chi connectivity index (χ0) is 21.9. The van der Waals surface area contributed by atoms with Crippen LogP contribution in [0.2, 0.25) is 0 Å². The molecule has 1 amide bonds. The van der Waals surface area contributed by atoms with Crippen molar-refractivity contribution in [2.24, 2.45) is 0 Å². The van der Waals surface area contributed by atoms with Gasteiger partial charge in [0, 0.05) is 12.5 Å². The predicted molar refractivity (Wildman–Crippen MR) is 127 cm³/mol. The van der Waals surface area contributed by atoms with Gasteiger partial charge in [-0.15, -0.1) is 0 Å². The van der Waals surface area contributed by atoms with Gasteiger partial charge in [0.2, 0.25) is 0 Å². The first-order valence-electron chi connectivity index (χ1n) is 11.0. The average Bonchev–Trinajstić information content (AvgIpc) is 3.16. The van der Waals surface area contributed by atoms with E-state index in [1.165, 1.54) is 22.3 Å². The summed E-state index contributed by atoms with van der Waals surface area (Å²) in [5, 5.41) is 14.8. The van der Waals surface area contributed by atoms with E-state index in [4.69, 9.17) is 4.74 Å². The SMILES string of the molecule is O=C(NC(CCO)c1cccc2ccccc12)OCC1c2ccccc2-c2ccccc21. The van der Waals surface area contributed by atoms with Gasteiger partial charge in [0.05, 0.1) is 6.04 Å². The normalized spacial score (nSPS) is 13.4. The topological polar surface area (TPSA) is 58.6 Å². The fourth-order valence-electron chi connectivity index (χ4n) is 4.77. The summed E-state index contributed by atoms with van der Waals surface area (Å²) in [6, 6.07) is 30.3. The van der Waals surface area contributed by atoms with Crippen LogP contribution in [0.1, 0.15) is 35.1 Å². The Morgan fingerprint density at radius 3 is 2.19 bits per heavy atom. The highest BCUT2D eigenvalue weighted by molar-refractivity contribution is 5.86. The molecule has 0 radical (unpaired) electrons. The number of carbonyl (C=O) groups is 1. The van der Waals surface area contributed by atoms with Gasteiger partial charge in [-0.3, -0.25) is 0 Å². The lowest BCUT2D eigenvalue weighted by Crippen LogP contribution is -2.31. The molecule has 0 aliphatic heterocycles. The van der Waals surface area contributed by atoms with Crippen LogP contribution in [0.15, 0.2) is 91.0 Å². The Kier molecular flexibility index (Phi) is 5.61. The van der Waals surface area contributed by atoms with Crippen LogP contribution >= 0.6 is 0 Å². The molecule has 4 aromatic carbocycles. The van der Waals surface area contributed by atoms with Gasteiger partial charge in [0.1, 0.15) is 6.61 Å². The minimum Gasteiger partial charge on any atom is -0.449 e. The summed E-state index contributed by atoms with van der Waals surface area (Å²) in [6.45, 7) is 0.235. The summed E-state index contributed by atoms with van der Waals surface area (Å²) < 4.78 is 5.72. The van der Waals surface area contributed by atoms with Crippen molar-refractivity contribution in [2.45, 2.75) is 18.4 Å². The monoisotopic (exact) mass is 423 g/mol. The van der Waals surface area contributed by atoms with E-state index >= 15 is 0 Å². The Bertz CT molecular complexity index is 1220. The van der Waals surface area contributed by atoms with Crippen molar-refractivity contribution in [1.82, 2.24) is 5.32 Å². The number of fused-ring (bicyclic) bond motifs is 4. The lowest BCUT2D eigenvalue weighted by Gasteiger charge is -2.21. The molecule has 1 aliphatic rings. The smallest absolute Gasteiger partial charge is 0.407 e. The lowest BCUT2D eigenvalue weighted by molar-refractivity contribution is 0.137. The molecule has 32 heavy (non-hydrogen) atoms. The van der Waals surface area contributed by atoms with E-state index in [2.05, 4.69) is 29.6 Å². The molecule has 160 valence electrons. The van der Waals surface area contributed by atoms with E-state index in [-0.39, 0.29) is 25.2 Å². The zero-order valence-electron chi connectivity index (χ0n) is 17.7. The van der Waals surface area contributed by atoms with Crippen molar-refractivity contribution in [2.75, 3.05) is 13.2 Å². The first kappa shape index (κ1) is 20.3. The molecule has 2 N–H and O–H groups in total. The molecule has 0 spiro atoms. The van der Waals surface area contributed by atoms with E-state index < -0.39 is 6.09 Å². The Labute approximate surface area is 187 Å². The molecule has 0 heterocycles. The summed E-state index contributed by atoms with van der Waals surface area (Å²) in [7, 11) is 0. The van der Waals surface area contributed by atoms with E-state index in [1.54, 1.807) is 0 Å². The Hall–Kier alpha value is -3.63. The molecular formula is C28H25NO3. The summed E-state index contributed by atoms with van der Waals surface area (Å²) >= 11 is 0. The van der Waals surface area contributed by atoms with Crippen LogP contribution in [-0.4, -0.2) is 24.4 Å². The van der Waals surface area contributed by atoms with Crippen LogP contribution < -0.4 is 5.32 Å². The van der Waals surface area contributed by atoms with Crippen LogP contribution in [0, 0.1) is 0 Å². The number of amides is 1. The van der Waals surface area contributed by atoms with Crippen molar-refractivity contribution in [1.29, 1.82) is 0 Å². The fourth-order valence-corrected chi connectivity index (χ4v) is 4.77. The van der Waals surface area contributed by atoms with Gasteiger partial charge < -0.3 is 15.2 Å². The molecule has 4 nitrogen and oxygen atoms in total. The highest BCUT2D eigenvalue weighted by Gasteiger charge is 2.29. The molecule has 5 rings (SSSR count). The van der Waals surface area contributed by atoms with Crippen LogP contribution in [0.4, 0.5) is 4.79 Å². The van der Waals surface area contributed by atoms with E-state index in [0.29, 0.717) is 6.42 Å². The van der Waals surface area contributed by atoms with Crippen LogP contribution in [0.3, 0.4) is 0 Å². The van der Waals surface area contributed by atoms with Crippen LogP contribution in [-0.2, 0) is 4.74 Å². The minimum atomic E-state index is -0.474. The maximum Gasteiger partial charge on any atom is 0.407 e. The molecular weight excluding hydrogens is 398 g/mol. The summed E-state index contributed by atoms with van der Waals surface area (Å²) in [6.07, 6.45) is -0.0590. The first-order valence-corrected chi connectivity index (χ1v) is 11.0. The van der Waals surface area contributed by atoms with E-state index in [0.717, 1.165) is 16.3 Å². The molecule has 0 saturated heterocycles. The number of carbonyl (C=O) groups excluding carboxylic acids is 1. The molecule has 1 aliphatic carbocycles. The van der Waals surface area contributed by atoms with Gasteiger partial charge in [0.25, 0.3) is 0 Å². The number of hydrogen-bond donors (Lipinski definition) is 2. The largest absolute Gasteiger partial charge is 0.449 e. The van der Waals surface area contributed by atoms with Crippen molar-refractivity contribution in [3.05, 3.63) is 108 Å². The van der Waals surface area contributed by atoms with Gasteiger partial charge in [-0.25, -0.2) is 4.79 Å². The van der Waals surface area contributed by atoms with Crippen molar-refractivity contribution in [3.63, 3.8) is 0 Å². The highest BCUT2D eigenvalue weighted by atomic mass is 16.5. The Balaban J connectivity index is 1.34. The number of benzene rings is 4. The van der Waals surface area contributed by atoms with Gasteiger partial charge in [-0.05, 0) is 45.0 Å². The van der Waals surface area contributed by atoms with Crippen molar-refractivity contribution in [3.8, 4) is 11.1 Å². The Morgan fingerprint density at radius 1 is 0.844 bits per heavy atom. The predicted octanol–water partition coefficient (Wildman–Crippen LogP) is 5.80. The number of ether oxygens (including phenoxy) is 1. The number of aliphatic hydroxyl groups is 1. The Morgan fingerprint density at radius 2 is 1.47 bits per heavy atom. The van der Waals surface area contributed by atoms with Gasteiger partial charge >= 0.3 is 6.09 Å². The zero-order valence-corrected chi connectivity index (χ0v) is 17.7. The van der Waals surface area contributed by atoms with Crippen LogP contribution in [0.5, 0.6) is 0 Å². The number of aliphatic hydroxyl groups excluding tert-OH is 1. The molecule has 0 bridgehead atoms. The standard InChI is InChI=1S/C28H25NO3/c30-17-16-27(25-15-7-9-19-8-1-2-10-20(19)25)29-28(31)32-18-26-23-13-5-3-11-21(23)22-12-4-6-14-24(22)26/h1-15,26-27,30H,16-18H2,(H,29,31). The molecule has 0 saturated carbocycles. The van der Waals surface area contributed by atoms with Crippen molar-refractivity contribution >= 4 is 16.9 Å². The van der Waals surface area contributed by atoms with Gasteiger partial charge in [-0.1, -0.05) is 91.0 Å². The molecule has 0 fully saturated rings. The number of alkyl carbamates (subject to hydrolysis) is 1. The second-order valence-electron chi connectivity index (χ2n) is 8.10. The summed E-state index contributed by atoms with van der Waals surface area (Å²) in [4.78, 5) is 12.8. The summed E-state index contributed by atoms with van der Waals surface area (Å²) in [5.74, 6) is 0.0157. The fraction of sp³-hybridized carbons (Fsp3) is 0.179. The third-order valence-electron chi connectivity index (χ3n) is 6.25. The molecule has 4 heteroatoms. The summed E-state index contributed by atoms with van der Waals surface area (Å²) in [5.41, 5.74) is 5.74. The molecule has 4 aromatic rings. The van der Waals surface area contributed by atoms with Gasteiger partial charge in [-0.2, -0.15) is 0 Å². The minimum absolute atomic E-state index is 0.0157. The highest BCUT2D eigenvalue weighted by Crippen LogP contribution is 2.44. The average molecular weight is 424 g/mol. The van der Waals surface area contributed by atoms with E-state index in [9.17, 15) is 9.90 Å². The third-order valence-corrected chi connectivity index (χ3v) is 6.25. The first-order chi connectivity index (χ1) is 15.8. The maximum absolute atomic E-state index is 12.8. The number of nitrogens with one attached hydrogen (secondary N) is 1. The second kappa shape index (κ2) is 8.85. The van der Waals surface area contributed by atoms with Crippen LogP contribution in [0.25, 0.3) is 21.9 Å². The molecule has 0 aromatic heterocycles. The molecule has 1 unspecified atom stereocenters. The van der Waals surface area contributed by atoms with Gasteiger partial charge in [0.15, 0.2) is 0 Å². The quantitative estimate of drug-likeness (QED) is 0.412. The van der Waals surface area contributed by atoms with E-state index in [1.807, 2.05) is 66.7 Å². The third kappa shape index (κ3) is 3.74. The lowest BCUT2D eigenvalue weighted by atomic mass is 9.97.